The number of carbonyl (C=O) groups excluding carboxylic acids is 1. The van der Waals surface area contributed by atoms with Gasteiger partial charge in [0.2, 0.25) is 5.91 Å². The van der Waals surface area contributed by atoms with Crippen LogP contribution in [0.1, 0.15) is 0 Å². The molecule has 4 nitrogen and oxygen atoms in total. The van der Waals surface area contributed by atoms with E-state index in [1.165, 1.54) is 0 Å². The molecule has 0 spiro atoms. The lowest BCUT2D eigenvalue weighted by atomic mass is 9.93. The molecular formula is C11H14N2O2. The maximum absolute atomic E-state index is 12.1. The molecule has 1 N–H and O–H groups in total. The molecule has 0 aromatic carbocycles. The van der Waals surface area contributed by atoms with Crippen molar-refractivity contribution < 1.29 is 9.53 Å². The number of nitrogens with zero attached hydrogens (tertiary/aromatic N) is 1. The number of fused-ring (bicyclic) bond motifs is 2. The highest BCUT2D eigenvalue weighted by Crippen LogP contribution is 2.27. The smallest absolute Gasteiger partial charge is 0.234 e. The van der Waals surface area contributed by atoms with Gasteiger partial charge in [-0.2, -0.15) is 0 Å². The summed E-state index contributed by atoms with van der Waals surface area (Å²) in [6, 6.07) is 0. The number of piperazine rings is 1. The molecule has 2 saturated heterocycles. The second-order valence-corrected chi connectivity index (χ2v) is 4.09. The van der Waals surface area contributed by atoms with Gasteiger partial charge in [-0.3, -0.25) is 4.79 Å². The molecule has 3 unspecified atom stereocenters. The van der Waals surface area contributed by atoms with Gasteiger partial charge < -0.3 is 15.0 Å². The fraction of sp³-hybridized carbons (Fsp3) is 0.545. The van der Waals surface area contributed by atoms with Crippen molar-refractivity contribution in [2.45, 2.75) is 12.3 Å². The molecule has 3 atom stereocenters. The molecule has 0 aromatic heterocycles. The first-order valence-corrected chi connectivity index (χ1v) is 5.38. The summed E-state index contributed by atoms with van der Waals surface area (Å²) in [4.78, 5) is 14.0. The Hall–Kier alpha value is -1.13. The van der Waals surface area contributed by atoms with Crippen molar-refractivity contribution in [3.05, 3.63) is 24.3 Å². The van der Waals surface area contributed by atoms with Crippen molar-refractivity contribution >= 4 is 5.91 Å². The molecule has 2 fully saturated rings. The number of ether oxygens (including phenoxy) is 1. The van der Waals surface area contributed by atoms with Gasteiger partial charge >= 0.3 is 0 Å². The van der Waals surface area contributed by atoms with Crippen LogP contribution in [0.4, 0.5) is 0 Å². The lowest BCUT2D eigenvalue weighted by Gasteiger charge is -2.45. The van der Waals surface area contributed by atoms with E-state index in [4.69, 9.17) is 4.74 Å². The van der Waals surface area contributed by atoms with Gasteiger partial charge in [-0.1, -0.05) is 24.3 Å². The molecular weight excluding hydrogens is 192 g/mol. The van der Waals surface area contributed by atoms with Crippen LogP contribution in [0.15, 0.2) is 24.3 Å². The van der Waals surface area contributed by atoms with Crippen LogP contribution < -0.4 is 5.32 Å². The van der Waals surface area contributed by atoms with Crippen LogP contribution in [-0.4, -0.2) is 42.8 Å². The summed E-state index contributed by atoms with van der Waals surface area (Å²) in [7, 11) is 0. The standard InChI is InChI=1S/C11H14N2O2/c14-11-8-3-1-2-4-9(8)15-10-7-12-5-6-13(10)11/h1-4,8-10,12H,5-7H2. The molecule has 3 aliphatic rings. The zero-order valence-corrected chi connectivity index (χ0v) is 8.43. The van der Waals surface area contributed by atoms with Crippen LogP contribution in [0, 0.1) is 5.92 Å². The summed E-state index contributed by atoms with van der Waals surface area (Å²) in [6.07, 6.45) is 7.62. The topological polar surface area (TPSA) is 41.6 Å². The second kappa shape index (κ2) is 3.47. The molecule has 3 rings (SSSR count). The number of hydrogen-bond donors (Lipinski definition) is 1. The SMILES string of the molecule is O=C1C2C=CC=CC2OC2CNCCN12. The Kier molecular flexibility index (Phi) is 2.11. The van der Waals surface area contributed by atoms with E-state index in [0.717, 1.165) is 19.6 Å². The van der Waals surface area contributed by atoms with Gasteiger partial charge in [-0.15, -0.1) is 0 Å². The van der Waals surface area contributed by atoms with Crippen molar-refractivity contribution in [3.8, 4) is 0 Å². The van der Waals surface area contributed by atoms with Crippen LogP contribution in [0.2, 0.25) is 0 Å². The molecule has 4 heteroatoms. The van der Waals surface area contributed by atoms with Crippen LogP contribution in [-0.2, 0) is 9.53 Å². The van der Waals surface area contributed by atoms with E-state index in [9.17, 15) is 4.79 Å². The number of rotatable bonds is 0. The molecule has 1 aliphatic carbocycles. The molecule has 0 radical (unpaired) electrons. The first-order chi connectivity index (χ1) is 7.36. The van der Waals surface area contributed by atoms with E-state index in [0.29, 0.717) is 0 Å². The minimum absolute atomic E-state index is 0.0661. The summed E-state index contributed by atoms with van der Waals surface area (Å²) in [5.41, 5.74) is 0. The van der Waals surface area contributed by atoms with Crippen LogP contribution in [0.3, 0.4) is 0 Å². The highest BCUT2D eigenvalue weighted by atomic mass is 16.5. The first kappa shape index (κ1) is 9.12. The molecule has 2 heterocycles. The van der Waals surface area contributed by atoms with Crippen molar-refractivity contribution in [1.29, 1.82) is 0 Å². The fourth-order valence-corrected chi connectivity index (χ4v) is 2.37. The van der Waals surface area contributed by atoms with Gasteiger partial charge in [-0.05, 0) is 0 Å². The Labute approximate surface area is 88.6 Å². The van der Waals surface area contributed by atoms with E-state index in [1.54, 1.807) is 0 Å². The van der Waals surface area contributed by atoms with Crippen molar-refractivity contribution in [2.24, 2.45) is 5.92 Å². The van der Waals surface area contributed by atoms with E-state index >= 15 is 0 Å². The Morgan fingerprint density at radius 2 is 2.27 bits per heavy atom. The van der Waals surface area contributed by atoms with Gasteiger partial charge in [0.25, 0.3) is 0 Å². The van der Waals surface area contributed by atoms with E-state index in [1.807, 2.05) is 29.2 Å². The quantitative estimate of drug-likeness (QED) is 0.601. The lowest BCUT2D eigenvalue weighted by molar-refractivity contribution is -0.180. The normalized spacial score (nSPS) is 38.8. The molecule has 0 aromatic rings. The van der Waals surface area contributed by atoms with Gasteiger partial charge in [-0.25, -0.2) is 0 Å². The van der Waals surface area contributed by atoms with E-state index < -0.39 is 0 Å². The molecule has 80 valence electrons. The largest absolute Gasteiger partial charge is 0.348 e. The maximum atomic E-state index is 12.1. The maximum Gasteiger partial charge on any atom is 0.234 e. The highest BCUT2D eigenvalue weighted by molar-refractivity contribution is 5.83. The summed E-state index contributed by atoms with van der Waals surface area (Å²) in [5, 5.41) is 3.24. The Bertz CT molecular complexity index is 337. The summed E-state index contributed by atoms with van der Waals surface area (Å²) < 4.78 is 5.87. The Morgan fingerprint density at radius 3 is 3.20 bits per heavy atom. The highest BCUT2D eigenvalue weighted by Gasteiger charge is 2.41. The Balaban J connectivity index is 1.86. The zero-order chi connectivity index (χ0) is 10.3. The van der Waals surface area contributed by atoms with Gasteiger partial charge in [0.1, 0.15) is 6.23 Å². The van der Waals surface area contributed by atoms with Gasteiger partial charge in [0, 0.05) is 19.6 Å². The van der Waals surface area contributed by atoms with Crippen molar-refractivity contribution in [1.82, 2.24) is 10.2 Å². The summed E-state index contributed by atoms with van der Waals surface area (Å²) in [6.45, 7) is 2.36. The average Bonchev–Trinajstić information content (AvgIpc) is 2.30. The average molecular weight is 206 g/mol. The predicted octanol–water partition coefficient (Wildman–Crippen LogP) is -0.115. The monoisotopic (exact) mass is 206 g/mol. The van der Waals surface area contributed by atoms with Gasteiger partial charge in [0.05, 0.1) is 12.0 Å². The minimum atomic E-state index is -0.107. The third-order valence-corrected chi connectivity index (χ3v) is 3.16. The van der Waals surface area contributed by atoms with E-state index in [-0.39, 0.29) is 24.2 Å². The summed E-state index contributed by atoms with van der Waals surface area (Å²) in [5.74, 6) is 0.0997. The first-order valence-electron chi connectivity index (χ1n) is 5.38. The third kappa shape index (κ3) is 1.41. The second-order valence-electron chi connectivity index (χ2n) is 4.09. The number of allylic oxidation sites excluding steroid dienone is 2. The molecule has 1 amide bonds. The number of hydrogen-bond acceptors (Lipinski definition) is 3. The Morgan fingerprint density at radius 1 is 1.40 bits per heavy atom. The van der Waals surface area contributed by atoms with Crippen LogP contribution >= 0.6 is 0 Å². The van der Waals surface area contributed by atoms with Crippen molar-refractivity contribution in [2.75, 3.05) is 19.6 Å². The zero-order valence-electron chi connectivity index (χ0n) is 8.43. The fourth-order valence-electron chi connectivity index (χ4n) is 2.37. The third-order valence-electron chi connectivity index (χ3n) is 3.16. The number of nitrogens with one attached hydrogen (secondary N) is 1. The van der Waals surface area contributed by atoms with E-state index in [2.05, 4.69) is 5.32 Å². The van der Waals surface area contributed by atoms with Crippen molar-refractivity contribution in [3.63, 3.8) is 0 Å². The minimum Gasteiger partial charge on any atom is -0.348 e. The molecule has 15 heavy (non-hydrogen) atoms. The van der Waals surface area contributed by atoms with Crippen LogP contribution in [0.25, 0.3) is 0 Å². The summed E-state index contributed by atoms with van der Waals surface area (Å²) >= 11 is 0. The molecule has 0 saturated carbocycles. The molecule has 0 bridgehead atoms. The molecule has 2 aliphatic heterocycles. The van der Waals surface area contributed by atoms with Gasteiger partial charge in [0.15, 0.2) is 0 Å². The van der Waals surface area contributed by atoms with Crippen LogP contribution in [0.5, 0.6) is 0 Å². The lowest BCUT2D eigenvalue weighted by Crippen LogP contribution is -2.62. The number of amides is 1. The number of carbonyl (C=O) groups is 1. The predicted molar refractivity (Wildman–Crippen MR) is 55.0 cm³/mol.